The van der Waals surface area contributed by atoms with Crippen molar-refractivity contribution in [1.82, 2.24) is 9.88 Å². The van der Waals surface area contributed by atoms with Crippen molar-refractivity contribution in [3.8, 4) is 5.75 Å². The van der Waals surface area contributed by atoms with Crippen LogP contribution in [0.25, 0.3) is 17.0 Å². The van der Waals surface area contributed by atoms with Crippen LogP contribution in [0.3, 0.4) is 0 Å². The first kappa shape index (κ1) is 22.6. The van der Waals surface area contributed by atoms with Crippen molar-refractivity contribution < 1.29 is 5.11 Å². The van der Waals surface area contributed by atoms with Gasteiger partial charge in [0.1, 0.15) is 5.52 Å². The van der Waals surface area contributed by atoms with E-state index in [9.17, 15) is 5.11 Å². The molecule has 156 valence electrons. The van der Waals surface area contributed by atoms with Gasteiger partial charge < -0.3 is 5.11 Å². The summed E-state index contributed by atoms with van der Waals surface area (Å²) in [5.74, 6) is -0.0370. The average Bonchev–Trinajstić information content (AvgIpc) is 2.73. The summed E-state index contributed by atoms with van der Waals surface area (Å²) >= 11 is 12.2. The Morgan fingerprint density at radius 3 is 2.63 bits per heavy atom. The normalized spacial score (nSPS) is 14.7. The zero-order chi connectivity index (χ0) is 20.4. The molecule has 4 rings (SSSR count). The molecule has 0 fully saturated rings. The van der Waals surface area contributed by atoms with Gasteiger partial charge in [0.25, 0.3) is 0 Å². The molecule has 0 bridgehead atoms. The minimum absolute atomic E-state index is 0. The second-order valence-corrected chi connectivity index (χ2v) is 8.16. The van der Waals surface area contributed by atoms with E-state index in [1.165, 1.54) is 22.8 Å². The number of benzene rings is 2. The van der Waals surface area contributed by atoms with Crippen LogP contribution in [0.15, 0.2) is 60.2 Å². The molecule has 6 heteroatoms. The summed E-state index contributed by atoms with van der Waals surface area (Å²) in [5.41, 5.74) is 5.20. The van der Waals surface area contributed by atoms with Crippen molar-refractivity contribution in [2.45, 2.75) is 19.9 Å². The van der Waals surface area contributed by atoms with Gasteiger partial charge in [0.2, 0.25) is 0 Å². The fourth-order valence-electron chi connectivity index (χ4n) is 3.55. The minimum atomic E-state index is -0.0370. The van der Waals surface area contributed by atoms with Crippen LogP contribution in [0.4, 0.5) is 0 Å². The first-order valence-electron chi connectivity index (χ1n) is 9.63. The molecule has 0 atom stereocenters. The first-order valence-corrected chi connectivity index (χ1v) is 10.4. The number of aryl methyl sites for hydroxylation is 1. The van der Waals surface area contributed by atoms with Gasteiger partial charge in [0.05, 0.1) is 15.7 Å². The van der Waals surface area contributed by atoms with E-state index in [-0.39, 0.29) is 23.2 Å². The van der Waals surface area contributed by atoms with Crippen molar-refractivity contribution in [2.24, 2.45) is 0 Å². The summed E-state index contributed by atoms with van der Waals surface area (Å²) in [6.07, 6.45) is 7.34. The molecule has 0 spiro atoms. The Balaban J connectivity index is 0.00000256. The maximum absolute atomic E-state index is 10.2. The standard InChI is InChI=1S/C24H22Cl2N2O.ClH/c1-16-4-2-3-5-18(16)15-28-12-10-17(11-13-28)6-7-19-8-9-20-21(25)14-22(26)24(29)23(20)27-19;/h2-10,14,29H,11-13,15H2,1H3;1H/b7-6+;. The maximum Gasteiger partial charge on any atom is 0.160 e. The molecular formula is C24H23Cl3N2O. The summed E-state index contributed by atoms with van der Waals surface area (Å²) in [6.45, 7) is 5.11. The summed E-state index contributed by atoms with van der Waals surface area (Å²) in [5, 5.41) is 11.6. The Morgan fingerprint density at radius 1 is 1.10 bits per heavy atom. The quantitative estimate of drug-likeness (QED) is 0.463. The van der Waals surface area contributed by atoms with Gasteiger partial charge in [-0.25, -0.2) is 4.98 Å². The van der Waals surface area contributed by atoms with Crippen LogP contribution in [0, 0.1) is 6.92 Å². The molecule has 3 nitrogen and oxygen atoms in total. The highest BCUT2D eigenvalue weighted by atomic mass is 35.5. The number of rotatable bonds is 4. The molecule has 2 heterocycles. The third-order valence-corrected chi connectivity index (χ3v) is 5.93. The van der Waals surface area contributed by atoms with Crippen molar-refractivity contribution in [2.75, 3.05) is 13.1 Å². The average molecular weight is 462 g/mol. The zero-order valence-corrected chi connectivity index (χ0v) is 18.9. The van der Waals surface area contributed by atoms with Crippen LogP contribution in [-0.4, -0.2) is 28.1 Å². The lowest BCUT2D eigenvalue weighted by Gasteiger charge is -2.26. The molecule has 0 amide bonds. The zero-order valence-electron chi connectivity index (χ0n) is 16.6. The number of aromatic hydroxyl groups is 1. The molecule has 30 heavy (non-hydrogen) atoms. The van der Waals surface area contributed by atoms with Crippen molar-refractivity contribution in [3.63, 3.8) is 0 Å². The van der Waals surface area contributed by atoms with Crippen LogP contribution >= 0.6 is 35.6 Å². The van der Waals surface area contributed by atoms with E-state index >= 15 is 0 Å². The lowest BCUT2D eigenvalue weighted by molar-refractivity contribution is 0.287. The van der Waals surface area contributed by atoms with Crippen LogP contribution < -0.4 is 0 Å². The SMILES string of the molecule is Cc1ccccc1CN1CC=C(/C=C/c2ccc3c(Cl)cc(Cl)c(O)c3n2)CC1.Cl. The van der Waals surface area contributed by atoms with Crippen LogP contribution in [0.2, 0.25) is 10.0 Å². The monoisotopic (exact) mass is 460 g/mol. The van der Waals surface area contributed by atoms with Crippen molar-refractivity contribution in [1.29, 1.82) is 0 Å². The summed E-state index contributed by atoms with van der Waals surface area (Å²) in [7, 11) is 0. The summed E-state index contributed by atoms with van der Waals surface area (Å²) in [6, 6.07) is 13.8. The topological polar surface area (TPSA) is 36.4 Å². The molecule has 3 aromatic rings. The number of fused-ring (bicyclic) bond motifs is 1. The molecular weight excluding hydrogens is 439 g/mol. The van der Waals surface area contributed by atoms with Gasteiger partial charge in [0, 0.05) is 25.0 Å². The molecule has 0 aliphatic carbocycles. The van der Waals surface area contributed by atoms with Gasteiger partial charge in [-0.3, -0.25) is 4.90 Å². The summed E-state index contributed by atoms with van der Waals surface area (Å²) in [4.78, 5) is 6.97. The van der Waals surface area contributed by atoms with E-state index in [0.717, 1.165) is 31.7 Å². The fraction of sp³-hybridized carbons (Fsp3) is 0.208. The Kier molecular flexibility index (Phi) is 7.43. The Bertz CT molecular complexity index is 1120. The Labute approximate surface area is 193 Å². The second kappa shape index (κ2) is 9.84. The Hall–Kier alpha value is -2.04. The van der Waals surface area contributed by atoms with Crippen LogP contribution in [0.1, 0.15) is 23.2 Å². The van der Waals surface area contributed by atoms with Gasteiger partial charge in [-0.15, -0.1) is 12.4 Å². The molecule has 1 aliphatic heterocycles. The number of phenols is 1. The minimum Gasteiger partial charge on any atom is -0.504 e. The molecule has 0 radical (unpaired) electrons. The third-order valence-electron chi connectivity index (χ3n) is 5.33. The van der Waals surface area contributed by atoms with E-state index in [1.807, 2.05) is 18.2 Å². The first-order chi connectivity index (χ1) is 14.0. The maximum atomic E-state index is 10.2. The van der Waals surface area contributed by atoms with E-state index in [0.29, 0.717) is 15.9 Å². The second-order valence-electron chi connectivity index (χ2n) is 7.35. The van der Waals surface area contributed by atoms with E-state index in [4.69, 9.17) is 23.2 Å². The summed E-state index contributed by atoms with van der Waals surface area (Å²) < 4.78 is 0. The highest BCUT2D eigenvalue weighted by molar-refractivity contribution is 6.39. The number of pyridine rings is 1. The highest BCUT2D eigenvalue weighted by Crippen LogP contribution is 2.36. The molecule has 1 N–H and O–H groups in total. The van der Waals surface area contributed by atoms with Crippen LogP contribution in [-0.2, 0) is 6.54 Å². The number of hydrogen-bond acceptors (Lipinski definition) is 3. The number of phenolic OH excluding ortho intramolecular Hbond substituents is 1. The Morgan fingerprint density at radius 2 is 1.90 bits per heavy atom. The lowest BCUT2D eigenvalue weighted by Crippen LogP contribution is -2.28. The lowest BCUT2D eigenvalue weighted by atomic mass is 10.0. The third kappa shape index (κ3) is 4.98. The fourth-order valence-corrected chi connectivity index (χ4v) is 4.07. The molecule has 0 saturated heterocycles. The molecule has 1 aromatic heterocycles. The van der Waals surface area contributed by atoms with E-state index in [1.54, 1.807) is 0 Å². The number of allylic oxidation sites excluding steroid dienone is 1. The smallest absolute Gasteiger partial charge is 0.160 e. The van der Waals surface area contributed by atoms with E-state index < -0.39 is 0 Å². The van der Waals surface area contributed by atoms with Gasteiger partial charge >= 0.3 is 0 Å². The van der Waals surface area contributed by atoms with Crippen molar-refractivity contribution in [3.05, 3.63) is 87.1 Å². The van der Waals surface area contributed by atoms with Gasteiger partial charge in [-0.1, -0.05) is 59.6 Å². The molecule has 1 aliphatic rings. The van der Waals surface area contributed by atoms with E-state index in [2.05, 4.69) is 53.2 Å². The van der Waals surface area contributed by atoms with Gasteiger partial charge in [0.15, 0.2) is 5.75 Å². The number of hydrogen-bond donors (Lipinski definition) is 1. The largest absolute Gasteiger partial charge is 0.504 e. The molecule has 0 saturated carbocycles. The molecule has 0 unspecified atom stereocenters. The number of nitrogens with zero attached hydrogens (tertiary/aromatic N) is 2. The number of halogens is 3. The number of aromatic nitrogens is 1. The van der Waals surface area contributed by atoms with Crippen LogP contribution in [0.5, 0.6) is 5.75 Å². The molecule has 2 aromatic carbocycles. The highest BCUT2D eigenvalue weighted by Gasteiger charge is 2.13. The van der Waals surface area contributed by atoms with Gasteiger partial charge in [-0.2, -0.15) is 0 Å². The predicted molar refractivity (Wildman–Crippen MR) is 129 cm³/mol. The van der Waals surface area contributed by atoms with Gasteiger partial charge in [-0.05, 0) is 54.3 Å². The predicted octanol–water partition coefficient (Wildman–Crippen LogP) is 6.82. The van der Waals surface area contributed by atoms with Crippen molar-refractivity contribution >= 4 is 52.6 Å².